The van der Waals surface area contributed by atoms with E-state index in [1.165, 1.54) is 0 Å². The molecule has 2 rings (SSSR count). The monoisotopic (exact) mass is 320 g/mol. The Balaban J connectivity index is 2.42. The van der Waals surface area contributed by atoms with Gasteiger partial charge in [-0.1, -0.05) is 23.7 Å². The molecule has 0 radical (unpaired) electrons. The van der Waals surface area contributed by atoms with Crippen LogP contribution in [0.1, 0.15) is 34.8 Å². The number of carbonyl (C=O) groups is 1. The van der Waals surface area contributed by atoms with Crippen molar-refractivity contribution in [3.05, 3.63) is 46.2 Å². The van der Waals surface area contributed by atoms with E-state index >= 15 is 0 Å². The van der Waals surface area contributed by atoms with Crippen molar-refractivity contribution in [2.24, 2.45) is 0 Å². The van der Waals surface area contributed by atoms with E-state index in [9.17, 15) is 4.79 Å². The van der Waals surface area contributed by atoms with Crippen LogP contribution in [0.5, 0.6) is 5.75 Å². The Bertz CT molecular complexity index is 706. The van der Waals surface area contributed by atoms with Gasteiger partial charge < -0.3 is 15.8 Å². The molecule has 1 aromatic heterocycles. The second kappa shape index (κ2) is 6.62. The molecular weight excluding hydrogens is 304 g/mol. The molecule has 3 N–H and O–H groups in total. The van der Waals surface area contributed by atoms with Gasteiger partial charge >= 0.3 is 0 Å². The molecule has 7 heteroatoms. The van der Waals surface area contributed by atoms with Crippen LogP contribution in [0.25, 0.3) is 0 Å². The summed E-state index contributed by atoms with van der Waals surface area (Å²) >= 11 is 6.09. The molecule has 0 saturated carbocycles. The molecule has 22 heavy (non-hydrogen) atoms. The number of rotatable bonds is 4. The van der Waals surface area contributed by atoms with Crippen LogP contribution < -0.4 is 15.8 Å². The maximum Gasteiger partial charge on any atom is 0.254 e. The fourth-order valence-electron chi connectivity index (χ4n) is 2.10. The SMILES string of the molecule is CNC(=O)c1c(C)nc(N)nc1C(C)Oc1ccccc1Cl. The molecule has 1 amide bonds. The molecule has 0 spiro atoms. The number of benzene rings is 1. The minimum atomic E-state index is -0.517. The van der Waals surface area contributed by atoms with Crippen molar-refractivity contribution >= 4 is 23.5 Å². The number of hydrogen-bond acceptors (Lipinski definition) is 5. The number of carbonyl (C=O) groups excluding carboxylic acids is 1. The van der Waals surface area contributed by atoms with Gasteiger partial charge in [0.1, 0.15) is 11.9 Å². The second-order valence-electron chi connectivity index (χ2n) is 4.70. The van der Waals surface area contributed by atoms with E-state index in [4.69, 9.17) is 22.1 Å². The molecule has 1 unspecified atom stereocenters. The third kappa shape index (κ3) is 3.28. The number of aryl methyl sites for hydroxylation is 1. The highest BCUT2D eigenvalue weighted by Crippen LogP contribution is 2.29. The van der Waals surface area contributed by atoms with Crippen LogP contribution in [0.3, 0.4) is 0 Å². The van der Waals surface area contributed by atoms with Crippen molar-refractivity contribution in [3.63, 3.8) is 0 Å². The lowest BCUT2D eigenvalue weighted by molar-refractivity contribution is 0.0956. The number of anilines is 1. The second-order valence-corrected chi connectivity index (χ2v) is 5.10. The third-order valence-corrected chi connectivity index (χ3v) is 3.43. The lowest BCUT2D eigenvalue weighted by Crippen LogP contribution is -2.24. The molecule has 0 bridgehead atoms. The number of nitrogens with one attached hydrogen (secondary N) is 1. The number of para-hydroxylation sites is 1. The average molecular weight is 321 g/mol. The highest BCUT2D eigenvalue weighted by atomic mass is 35.5. The Kier molecular flexibility index (Phi) is 4.82. The summed E-state index contributed by atoms with van der Waals surface area (Å²) in [6.07, 6.45) is -0.517. The number of hydrogen-bond donors (Lipinski definition) is 2. The first-order valence-corrected chi connectivity index (χ1v) is 7.09. The van der Waals surface area contributed by atoms with Gasteiger partial charge in [-0.2, -0.15) is 0 Å². The molecule has 6 nitrogen and oxygen atoms in total. The maximum absolute atomic E-state index is 12.1. The molecule has 116 valence electrons. The van der Waals surface area contributed by atoms with E-state index in [2.05, 4.69) is 15.3 Å². The summed E-state index contributed by atoms with van der Waals surface area (Å²) in [7, 11) is 1.54. The van der Waals surface area contributed by atoms with Gasteiger partial charge in [-0.15, -0.1) is 0 Å². The Labute approximate surface area is 133 Å². The van der Waals surface area contributed by atoms with Gasteiger partial charge in [0, 0.05) is 7.05 Å². The molecule has 1 aromatic carbocycles. The van der Waals surface area contributed by atoms with Crippen LogP contribution in [-0.4, -0.2) is 22.9 Å². The normalized spacial score (nSPS) is 11.8. The Morgan fingerprint density at radius 2 is 2.05 bits per heavy atom. The number of nitrogens with two attached hydrogens (primary N) is 1. The predicted molar refractivity (Wildman–Crippen MR) is 85.1 cm³/mol. The minimum absolute atomic E-state index is 0.0924. The Morgan fingerprint density at radius 3 is 2.68 bits per heavy atom. The Morgan fingerprint density at radius 1 is 1.36 bits per heavy atom. The lowest BCUT2D eigenvalue weighted by Gasteiger charge is -2.19. The van der Waals surface area contributed by atoms with Gasteiger partial charge in [-0.05, 0) is 26.0 Å². The number of nitrogen functional groups attached to an aromatic ring is 1. The zero-order valence-corrected chi connectivity index (χ0v) is 13.3. The first-order valence-electron chi connectivity index (χ1n) is 6.71. The summed E-state index contributed by atoms with van der Waals surface area (Å²) in [5, 5.41) is 3.05. The fourth-order valence-corrected chi connectivity index (χ4v) is 2.28. The lowest BCUT2D eigenvalue weighted by atomic mass is 10.1. The number of amides is 1. The summed E-state index contributed by atoms with van der Waals surface area (Å²) in [4.78, 5) is 20.3. The van der Waals surface area contributed by atoms with E-state index in [1.54, 1.807) is 33.0 Å². The van der Waals surface area contributed by atoms with Crippen molar-refractivity contribution in [1.29, 1.82) is 0 Å². The molecule has 0 aliphatic heterocycles. The average Bonchev–Trinajstić information content (AvgIpc) is 2.48. The number of halogens is 1. The number of nitrogens with zero attached hydrogens (tertiary/aromatic N) is 2. The molecule has 0 aliphatic rings. The first-order chi connectivity index (χ1) is 10.4. The van der Waals surface area contributed by atoms with Gasteiger partial charge in [0.2, 0.25) is 5.95 Å². The standard InChI is InChI=1S/C15H17ClN4O2/c1-8-12(14(21)18-3)13(20-15(17)19-8)9(2)22-11-7-5-4-6-10(11)16/h4-7,9H,1-3H3,(H,18,21)(H2,17,19,20). The van der Waals surface area contributed by atoms with Crippen molar-refractivity contribution in [1.82, 2.24) is 15.3 Å². The topological polar surface area (TPSA) is 90.1 Å². The van der Waals surface area contributed by atoms with Crippen LogP contribution in [0.2, 0.25) is 5.02 Å². The van der Waals surface area contributed by atoms with Gasteiger partial charge in [0.25, 0.3) is 5.91 Å². The summed E-state index contributed by atoms with van der Waals surface area (Å²) < 4.78 is 5.82. The van der Waals surface area contributed by atoms with Crippen LogP contribution in [-0.2, 0) is 0 Å². The van der Waals surface area contributed by atoms with E-state index in [0.29, 0.717) is 27.7 Å². The third-order valence-electron chi connectivity index (χ3n) is 3.11. The summed E-state index contributed by atoms with van der Waals surface area (Å²) in [6.45, 7) is 3.48. The molecule has 0 saturated heterocycles. The van der Waals surface area contributed by atoms with Gasteiger partial charge in [0.05, 0.1) is 22.0 Å². The summed E-state index contributed by atoms with van der Waals surface area (Å²) in [5.74, 6) is 0.311. The first kappa shape index (κ1) is 16.0. The number of aromatic nitrogens is 2. The minimum Gasteiger partial charge on any atom is -0.483 e. The van der Waals surface area contributed by atoms with Crippen molar-refractivity contribution in [2.45, 2.75) is 20.0 Å². The smallest absolute Gasteiger partial charge is 0.254 e. The van der Waals surface area contributed by atoms with E-state index in [-0.39, 0.29) is 11.9 Å². The number of ether oxygens (including phenoxy) is 1. The maximum atomic E-state index is 12.1. The molecule has 0 aliphatic carbocycles. The molecule has 0 fully saturated rings. The van der Waals surface area contributed by atoms with Crippen molar-refractivity contribution < 1.29 is 9.53 Å². The summed E-state index contributed by atoms with van der Waals surface area (Å²) in [5.41, 5.74) is 6.97. The van der Waals surface area contributed by atoms with E-state index in [1.807, 2.05) is 12.1 Å². The highest BCUT2D eigenvalue weighted by Gasteiger charge is 2.23. The van der Waals surface area contributed by atoms with Crippen molar-refractivity contribution in [2.75, 3.05) is 12.8 Å². The van der Waals surface area contributed by atoms with Crippen LogP contribution in [0.15, 0.2) is 24.3 Å². The largest absolute Gasteiger partial charge is 0.483 e. The molecule has 1 atom stereocenters. The quantitative estimate of drug-likeness (QED) is 0.903. The fraction of sp³-hybridized carbons (Fsp3) is 0.267. The van der Waals surface area contributed by atoms with E-state index in [0.717, 1.165) is 0 Å². The Hall–Kier alpha value is -2.34. The van der Waals surface area contributed by atoms with E-state index < -0.39 is 6.10 Å². The van der Waals surface area contributed by atoms with Crippen molar-refractivity contribution in [3.8, 4) is 5.75 Å². The predicted octanol–water partition coefficient (Wildman–Crippen LogP) is 2.52. The van der Waals surface area contributed by atoms with Gasteiger partial charge in [0.15, 0.2) is 0 Å². The van der Waals surface area contributed by atoms with Gasteiger partial charge in [-0.25, -0.2) is 9.97 Å². The molecular formula is C15H17ClN4O2. The summed E-state index contributed by atoms with van der Waals surface area (Å²) in [6, 6.07) is 7.09. The van der Waals surface area contributed by atoms with Crippen LogP contribution in [0, 0.1) is 6.92 Å². The van der Waals surface area contributed by atoms with Crippen LogP contribution in [0.4, 0.5) is 5.95 Å². The highest BCUT2D eigenvalue weighted by molar-refractivity contribution is 6.32. The van der Waals surface area contributed by atoms with Gasteiger partial charge in [-0.3, -0.25) is 4.79 Å². The zero-order chi connectivity index (χ0) is 16.3. The van der Waals surface area contributed by atoms with Crippen LogP contribution >= 0.6 is 11.6 Å². The molecule has 1 heterocycles. The zero-order valence-electron chi connectivity index (χ0n) is 12.6. The molecule has 2 aromatic rings.